The normalized spacial score (nSPS) is 21.5. The summed E-state index contributed by atoms with van der Waals surface area (Å²) in [7, 11) is 0. The zero-order valence-corrected chi connectivity index (χ0v) is 21.1. The summed E-state index contributed by atoms with van der Waals surface area (Å²) in [6.45, 7) is 5.67. The maximum atomic E-state index is 6.23. The summed E-state index contributed by atoms with van der Waals surface area (Å²) in [6.07, 6.45) is 6.21. The smallest absolute Gasteiger partial charge is 0.130 e. The van der Waals surface area contributed by atoms with E-state index in [4.69, 9.17) is 9.73 Å². The molecule has 0 radical (unpaired) electrons. The molecule has 184 valence electrons. The van der Waals surface area contributed by atoms with Crippen LogP contribution in [0.1, 0.15) is 37.8 Å². The molecule has 1 unspecified atom stereocenters. The van der Waals surface area contributed by atoms with Crippen molar-refractivity contribution in [3.05, 3.63) is 54.2 Å². The van der Waals surface area contributed by atoms with Gasteiger partial charge in [-0.25, -0.2) is 0 Å². The van der Waals surface area contributed by atoms with Gasteiger partial charge in [-0.1, -0.05) is 31.0 Å². The first-order valence-corrected chi connectivity index (χ1v) is 14.1. The quantitative estimate of drug-likeness (QED) is 0.392. The molecular weight excluding hydrogens is 454 g/mol. The minimum absolute atomic E-state index is 0.407. The van der Waals surface area contributed by atoms with Gasteiger partial charge in [0.05, 0.1) is 22.9 Å². The fourth-order valence-electron chi connectivity index (χ4n) is 5.40. The Balaban J connectivity index is 1.23. The number of para-hydroxylation sites is 1. The summed E-state index contributed by atoms with van der Waals surface area (Å²) in [6, 6.07) is 17.5. The molecule has 2 aromatic carbocycles. The molecular formula is C28H35N5OS. The van der Waals surface area contributed by atoms with Crippen molar-refractivity contribution in [2.24, 2.45) is 4.99 Å². The number of aliphatic imine (C=N–C) groups is 1. The molecule has 3 heterocycles. The van der Waals surface area contributed by atoms with Crippen LogP contribution in [-0.2, 0) is 0 Å². The van der Waals surface area contributed by atoms with E-state index in [0.717, 1.165) is 78.3 Å². The molecule has 2 fully saturated rings. The van der Waals surface area contributed by atoms with Crippen molar-refractivity contribution in [2.75, 3.05) is 43.8 Å². The lowest BCUT2D eigenvalue weighted by Crippen LogP contribution is -2.44. The Kier molecular flexibility index (Phi) is 6.98. The monoisotopic (exact) mass is 489 g/mol. The van der Waals surface area contributed by atoms with E-state index in [1.807, 2.05) is 42.1 Å². The second-order valence-corrected chi connectivity index (χ2v) is 10.9. The van der Waals surface area contributed by atoms with Crippen molar-refractivity contribution in [1.82, 2.24) is 15.2 Å². The maximum Gasteiger partial charge on any atom is 0.130 e. The second-order valence-electron chi connectivity index (χ2n) is 9.94. The van der Waals surface area contributed by atoms with Crippen molar-refractivity contribution in [3.8, 4) is 11.5 Å². The molecule has 7 heteroatoms. The third kappa shape index (κ3) is 5.52. The van der Waals surface area contributed by atoms with Crippen molar-refractivity contribution < 1.29 is 4.74 Å². The van der Waals surface area contributed by atoms with Crippen LogP contribution in [-0.4, -0.2) is 65.5 Å². The van der Waals surface area contributed by atoms with Crippen LogP contribution >= 0.6 is 11.8 Å². The number of aromatic nitrogens is 1. The van der Waals surface area contributed by atoms with Gasteiger partial charge in [-0.2, -0.15) is 0 Å². The van der Waals surface area contributed by atoms with Gasteiger partial charge in [-0.05, 0) is 43.5 Å². The summed E-state index contributed by atoms with van der Waals surface area (Å²) < 4.78 is 6.23. The van der Waals surface area contributed by atoms with Gasteiger partial charge < -0.3 is 25.3 Å². The molecule has 1 atom stereocenters. The Labute approximate surface area is 211 Å². The number of hydrogen-bond donors (Lipinski definition) is 3. The number of ether oxygens (including phenoxy) is 1. The first-order chi connectivity index (χ1) is 17.3. The molecule has 3 aliphatic rings. The first kappa shape index (κ1) is 23.0. The van der Waals surface area contributed by atoms with Gasteiger partial charge in [0, 0.05) is 56.0 Å². The van der Waals surface area contributed by atoms with Gasteiger partial charge in [-0.15, -0.1) is 11.8 Å². The Morgan fingerprint density at radius 1 is 1.03 bits per heavy atom. The molecule has 0 bridgehead atoms. The number of H-pyrrole nitrogens is 1. The SMILES string of the molecule is c1ccc(Oc2cc(NC3CCCC3)c3[nH]c(C4=NC(CCN5CCNCC5)CS4)cc3c2)cc1. The molecule has 6 rings (SSSR count). The summed E-state index contributed by atoms with van der Waals surface area (Å²) in [4.78, 5) is 11.4. The van der Waals surface area contributed by atoms with Crippen molar-refractivity contribution in [2.45, 2.75) is 44.2 Å². The van der Waals surface area contributed by atoms with E-state index in [1.165, 1.54) is 31.1 Å². The van der Waals surface area contributed by atoms with Gasteiger partial charge >= 0.3 is 0 Å². The summed E-state index contributed by atoms with van der Waals surface area (Å²) >= 11 is 1.89. The van der Waals surface area contributed by atoms with Gasteiger partial charge in [-0.3, -0.25) is 4.99 Å². The number of piperazine rings is 1. The topological polar surface area (TPSA) is 64.7 Å². The van der Waals surface area contributed by atoms with E-state index in [9.17, 15) is 0 Å². The fourth-order valence-corrected chi connectivity index (χ4v) is 6.48. The van der Waals surface area contributed by atoms with Crippen LogP contribution in [0.5, 0.6) is 11.5 Å². The molecule has 1 saturated heterocycles. The third-order valence-electron chi connectivity index (χ3n) is 7.33. The highest BCUT2D eigenvalue weighted by molar-refractivity contribution is 8.14. The predicted molar refractivity (Wildman–Crippen MR) is 147 cm³/mol. The first-order valence-electron chi connectivity index (χ1n) is 13.1. The van der Waals surface area contributed by atoms with Crippen LogP contribution in [0, 0.1) is 0 Å². The van der Waals surface area contributed by atoms with Crippen LogP contribution in [0.2, 0.25) is 0 Å². The number of nitrogens with zero attached hydrogens (tertiary/aromatic N) is 2. The minimum Gasteiger partial charge on any atom is -0.457 e. The summed E-state index contributed by atoms with van der Waals surface area (Å²) in [5.41, 5.74) is 3.41. The van der Waals surface area contributed by atoms with Crippen LogP contribution in [0.25, 0.3) is 10.9 Å². The average Bonchev–Trinajstić information content (AvgIpc) is 3.65. The Morgan fingerprint density at radius 3 is 2.69 bits per heavy atom. The molecule has 3 N–H and O–H groups in total. The number of thioether (sulfide) groups is 1. The van der Waals surface area contributed by atoms with Crippen molar-refractivity contribution in [3.63, 3.8) is 0 Å². The molecule has 35 heavy (non-hydrogen) atoms. The molecule has 2 aliphatic heterocycles. The van der Waals surface area contributed by atoms with Crippen molar-refractivity contribution >= 4 is 33.4 Å². The Hall–Kier alpha value is -2.48. The summed E-state index contributed by atoms with van der Waals surface area (Å²) in [5.74, 6) is 2.80. The highest BCUT2D eigenvalue weighted by Crippen LogP contribution is 2.36. The van der Waals surface area contributed by atoms with Gasteiger partial charge in [0.25, 0.3) is 0 Å². The molecule has 0 spiro atoms. The van der Waals surface area contributed by atoms with Gasteiger partial charge in [0.1, 0.15) is 16.5 Å². The lowest BCUT2D eigenvalue weighted by molar-refractivity contribution is 0.235. The van der Waals surface area contributed by atoms with E-state index in [2.05, 4.69) is 38.7 Å². The van der Waals surface area contributed by atoms with Crippen molar-refractivity contribution in [1.29, 1.82) is 0 Å². The molecule has 3 aromatic rings. The fraction of sp³-hybridized carbons (Fsp3) is 0.464. The predicted octanol–water partition coefficient (Wildman–Crippen LogP) is 5.47. The van der Waals surface area contributed by atoms with Crippen LogP contribution in [0.3, 0.4) is 0 Å². The van der Waals surface area contributed by atoms with E-state index < -0.39 is 0 Å². The maximum absolute atomic E-state index is 6.23. The van der Waals surface area contributed by atoms with E-state index in [1.54, 1.807) is 0 Å². The molecule has 6 nitrogen and oxygen atoms in total. The highest BCUT2D eigenvalue weighted by atomic mass is 32.2. The Bertz CT molecular complexity index is 1160. The van der Waals surface area contributed by atoms with E-state index in [0.29, 0.717) is 12.1 Å². The standard InChI is InChI=1S/C28H35N5OS/c1-2-8-23(9-3-1)34-24-16-20-17-26(32-27(20)25(18-24)30-21-6-4-5-7-21)28-31-22(19-35-28)10-13-33-14-11-29-12-15-33/h1-3,8-9,16-18,21-22,29-30,32H,4-7,10-15,19H2. The van der Waals surface area contributed by atoms with Gasteiger partial charge in [0.15, 0.2) is 0 Å². The van der Waals surface area contributed by atoms with Crippen LogP contribution < -0.4 is 15.4 Å². The zero-order chi connectivity index (χ0) is 23.5. The number of rotatable bonds is 8. The molecule has 1 saturated carbocycles. The lowest BCUT2D eigenvalue weighted by Gasteiger charge is -2.27. The number of aromatic amines is 1. The summed E-state index contributed by atoms with van der Waals surface area (Å²) in [5, 5.41) is 9.56. The largest absolute Gasteiger partial charge is 0.457 e. The van der Waals surface area contributed by atoms with Crippen LogP contribution in [0.4, 0.5) is 5.69 Å². The van der Waals surface area contributed by atoms with Crippen LogP contribution in [0.15, 0.2) is 53.5 Å². The number of benzene rings is 2. The zero-order valence-electron chi connectivity index (χ0n) is 20.3. The van der Waals surface area contributed by atoms with E-state index >= 15 is 0 Å². The lowest BCUT2D eigenvalue weighted by atomic mass is 10.1. The number of fused-ring (bicyclic) bond motifs is 1. The molecule has 1 aromatic heterocycles. The average molecular weight is 490 g/mol. The molecule has 1 aliphatic carbocycles. The number of nitrogens with one attached hydrogen (secondary N) is 3. The Morgan fingerprint density at radius 2 is 1.86 bits per heavy atom. The second kappa shape index (κ2) is 10.6. The third-order valence-corrected chi connectivity index (χ3v) is 8.48. The number of hydrogen-bond acceptors (Lipinski definition) is 6. The van der Waals surface area contributed by atoms with E-state index in [-0.39, 0.29) is 0 Å². The van der Waals surface area contributed by atoms with Gasteiger partial charge in [0.2, 0.25) is 0 Å². The highest BCUT2D eigenvalue weighted by Gasteiger charge is 2.23. The minimum atomic E-state index is 0.407. The number of anilines is 1. The molecule has 0 amide bonds.